The van der Waals surface area contributed by atoms with Gasteiger partial charge in [0, 0.05) is 23.5 Å². The third-order valence-electron chi connectivity index (χ3n) is 3.95. The van der Waals surface area contributed by atoms with E-state index in [9.17, 15) is 9.59 Å². The molecule has 0 spiro atoms. The fraction of sp³-hybridized carbons (Fsp3) is 0.0526. The number of aromatic amines is 1. The van der Waals surface area contributed by atoms with Crippen LogP contribution in [0.5, 0.6) is 0 Å². The van der Waals surface area contributed by atoms with Crippen molar-refractivity contribution in [2.75, 3.05) is 0 Å². The van der Waals surface area contributed by atoms with Gasteiger partial charge in [-0.1, -0.05) is 48.5 Å². The number of rotatable bonds is 3. The van der Waals surface area contributed by atoms with Crippen LogP contribution in [0.2, 0.25) is 0 Å². The minimum Gasteiger partial charge on any atom is -0.319 e. The molecule has 0 aliphatic carbocycles. The molecule has 0 unspecified atom stereocenters. The number of nitrogens with one attached hydrogen (secondary N) is 1. The fourth-order valence-corrected chi connectivity index (χ4v) is 3.43. The summed E-state index contributed by atoms with van der Waals surface area (Å²) in [5.74, 6) is -0.485. The second-order valence-corrected chi connectivity index (χ2v) is 6.54. The molecule has 0 atom stereocenters. The number of thiazole rings is 1. The molecule has 26 heavy (non-hydrogen) atoms. The Balaban J connectivity index is 1.75. The number of fused-ring (bicyclic) bond motifs is 1. The summed E-state index contributed by atoms with van der Waals surface area (Å²) in [6.45, 7) is 0.621. The number of aromatic nitrogens is 3. The van der Waals surface area contributed by atoms with Gasteiger partial charge in [-0.25, -0.2) is 5.10 Å². The molecule has 0 aliphatic rings. The smallest absolute Gasteiger partial charge is 0.300 e. The number of carbonyl (C=O) groups excluding carboxylic acids is 1. The Morgan fingerprint density at radius 1 is 1.08 bits per heavy atom. The number of nitrogens with zero attached hydrogens (tertiary/aromatic N) is 3. The lowest BCUT2D eigenvalue weighted by Gasteiger charge is -2.03. The number of amides is 1. The van der Waals surface area contributed by atoms with Crippen LogP contribution >= 0.6 is 11.3 Å². The van der Waals surface area contributed by atoms with E-state index < -0.39 is 5.91 Å². The average molecular weight is 362 g/mol. The highest BCUT2D eigenvalue weighted by Crippen LogP contribution is 2.13. The van der Waals surface area contributed by atoms with Crippen LogP contribution in [0.25, 0.3) is 10.8 Å². The lowest BCUT2D eigenvalue weighted by molar-refractivity contribution is 0.0994. The molecular weight excluding hydrogens is 348 g/mol. The van der Waals surface area contributed by atoms with Crippen molar-refractivity contribution < 1.29 is 4.79 Å². The largest absolute Gasteiger partial charge is 0.319 e. The van der Waals surface area contributed by atoms with E-state index in [1.165, 1.54) is 11.3 Å². The van der Waals surface area contributed by atoms with Crippen molar-refractivity contribution >= 4 is 28.0 Å². The van der Waals surface area contributed by atoms with Crippen molar-refractivity contribution in [3.63, 3.8) is 0 Å². The number of H-pyrrole nitrogens is 1. The van der Waals surface area contributed by atoms with Gasteiger partial charge >= 0.3 is 5.91 Å². The Kier molecular flexibility index (Phi) is 4.28. The van der Waals surface area contributed by atoms with Crippen LogP contribution in [0, 0.1) is 0 Å². The highest BCUT2D eigenvalue weighted by Gasteiger charge is 2.13. The summed E-state index contributed by atoms with van der Waals surface area (Å²) in [7, 11) is 0. The van der Waals surface area contributed by atoms with Gasteiger partial charge in [0.1, 0.15) is 0 Å². The summed E-state index contributed by atoms with van der Waals surface area (Å²) in [5.41, 5.74) is 0.930. The van der Waals surface area contributed by atoms with E-state index in [1.54, 1.807) is 24.3 Å². The van der Waals surface area contributed by atoms with Crippen molar-refractivity contribution in [2.24, 2.45) is 4.99 Å². The first-order valence-corrected chi connectivity index (χ1v) is 8.85. The monoisotopic (exact) mass is 362 g/mol. The zero-order valence-corrected chi connectivity index (χ0v) is 14.4. The van der Waals surface area contributed by atoms with Gasteiger partial charge in [-0.3, -0.25) is 9.59 Å². The normalized spacial score (nSPS) is 11.8. The number of carbonyl (C=O) groups is 1. The van der Waals surface area contributed by atoms with E-state index in [4.69, 9.17) is 0 Å². The molecular formula is C19H14N4O2S. The Hall–Kier alpha value is -3.32. The zero-order chi connectivity index (χ0) is 17.9. The Bertz CT molecular complexity index is 1210. The highest BCUT2D eigenvalue weighted by molar-refractivity contribution is 7.07. The second-order valence-electron chi connectivity index (χ2n) is 5.66. The maximum Gasteiger partial charge on any atom is 0.300 e. The van der Waals surface area contributed by atoms with E-state index in [1.807, 2.05) is 46.5 Å². The molecule has 7 heteroatoms. The third-order valence-corrected chi connectivity index (χ3v) is 4.75. The van der Waals surface area contributed by atoms with Crippen molar-refractivity contribution in [1.82, 2.24) is 14.8 Å². The van der Waals surface area contributed by atoms with Gasteiger partial charge in [0.05, 0.1) is 5.39 Å². The summed E-state index contributed by atoms with van der Waals surface area (Å²) in [6, 6.07) is 16.8. The highest BCUT2D eigenvalue weighted by atomic mass is 32.1. The molecule has 0 aliphatic heterocycles. The van der Waals surface area contributed by atoms with E-state index in [2.05, 4.69) is 15.2 Å². The number of benzene rings is 2. The summed E-state index contributed by atoms with van der Waals surface area (Å²) >= 11 is 1.38. The van der Waals surface area contributed by atoms with Crippen LogP contribution in [0.3, 0.4) is 0 Å². The summed E-state index contributed by atoms with van der Waals surface area (Å²) in [6.07, 6.45) is 1.89. The maximum atomic E-state index is 12.7. The molecule has 128 valence electrons. The summed E-state index contributed by atoms with van der Waals surface area (Å²) in [4.78, 5) is 29.4. The molecule has 1 N–H and O–H groups in total. The molecule has 0 bridgehead atoms. The van der Waals surface area contributed by atoms with Crippen LogP contribution in [0.15, 0.2) is 76.0 Å². The zero-order valence-electron chi connectivity index (χ0n) is 13.6. The third kappa shape index (κ3) is 3.12. The van der Waals surface area contributed by atoms with Crippen LogP contribution in [-0.2, 0) is 6.54 Å². The molecule has 0 fully saturated rings. The van der Waals surface area contributed by atoms with Crippen LogP contribution < -0.4 is 10.4 Å². The van der Waals surface area contributed by atoms with Gasteiger partial charge in [-0.15, -0.1) is 11.3 Å². The van der Waals surface area contributed by atoms with Crippen molar-refractivity contribution in [1.29, 1.82) is 0 Å². The van der Waals surface area contributed by atoms with Gasteiger partial charge in [-0.2, -0.15) is 10.1 Å². The first kappa shape index (κ1) is 16.2. The van der Waals surface area contributed by atoms with Crippen molar-refractivity contribution in [3.8, 4) is 0 Å². The predicted octanol–water partition coefficient (Wildman–Crippen LogP) is 2.58. The molecule has 4 rings (SSSR count). The molecule has 4 aromatic rings. The van der Waals surface area contributed by atoms with E-state index in [0.29, 0.717) is 22.1 Å². The topological polar surface area (TPSA) is 80.1 Å². The lowest BCUT2D eigenvalue weighted by Crippen LogP contribution is -2.19. The minimum absolute atomic E-state index is 0.139. The average Bonchev–Trinajstić information content (AvgIpc) is 3.09. The van der Waals surface area contributed by atoms with Crippen molar-refractivity contribution in [2.45, 2.75) is 6.54 Å². The fourth-order valence-electron chi connectivity index (χ4n) is 2.70. The standard InChI is InChI=1S/C19H14N4O2S/c24-17-15-9-5-4-8-14(15)16(21-22-17)18(25)20-19-23(10-11-26-19)12-13-6-2-1-3-7-13/h1-11H,12H2,(H,22,24). The lowest BCUT2D eigenvalue weighted by atomic mass is 10.1. The molecule has 2 aromatic carbocycles. The Labute approximate surface area is 152 Å². The SMILES string of the molecule is O=C(N=c1sccn1Cc1ccccc1)c1n[nH]c(=O)c2ccccc12. The Morgan fingerprint density at radius 3 is 2.62 bits per heavy atom. The molecule has 2 heterocycles. The molecule has 2 aromatic heterocycles. The van der Waals surface area contributed by atoms with Crippen LogP contribution in [-0.4, -0.2) is 20.7 Å². The van der Waals surface area contributed by atoms with Gasteiger partial charge in [0.25, 0.3) is 5.56 Å². The molecule has 0 saturated carbocycles. The van der Waals surface area contributed by atoms with E-state index >= 15 is 0 Å². The second kappa shape index (κ2) is 6.89. The van der Waals surface area contributed by atoms with E-state index in [-0.39, 0.29) is 11.3 Å². The predicted molar refractivity (Wildman–Crippen MR) is 100 cm³/mol. The number of hydrogen-bond donors (Lipinski definition) is 1. The van der Waals surface area contributed by atoms with Gasteiger partial charge < -0.3 is 4.57 Å². The maximum absolute atomic E-state index is 12.7. The molecule has 6 nitrogen and oxygen atoms in total. The van der Waals surface area contributed by atoms with Gasteiger partial charge in [0.2, 0.25) is 0 Å². The Morgan fingerprint density at radius 2 is 1.81 bits per heavy atom. The molecule has 0 radical (unpaired) electrons. The summed E-state index contributed by atoms with van der Waals surface area (Å²) in [5, 5.41) is 9.08. The quantitative estimate of drug-likeness (QED) is 0.608. The minimum atomic E-state index is -0.485. The van der Waals surface area contributed by atoms with Crippen LogP contribution in [0.1, 0.15) is 16.1 Å². The molecule has 0 saturated heterocycles. The van der Waals surface area contributed by atoms with Crippen molar-refractivity contribution in [3.05, 3.63) is 92.6 Å². The summed E-state index contributed by atoms with van der Waals surface area (Å²) < 4.78 is 1.91. The first-order chi connectivity index (χ1) is 12.7. The van der Waals surface area contributed by atoms with Crippen LogP contribution in [0.4, 0.5) is 0 Å². The first-order valence-electron chi connectivity index (χ1n) is 7.97. The van der Waals surface area contributed by atoms with Gasteiger partial charge in [0.15, 0.2) is 10.5 Å². The van der Waals surface area contributed by atoms with Gasteiger partial charge in [-0.05, 0) is 11.6 Å². The number of hydrogen-bond acceptors (Lipinski definition) is 4. The van der Waals surface area contributed by atoms with E-state index in [0.717, 1.165) is 5.56 Å². The molecule has 1 amide bonds.